The summed E-state index contributed by atoms with van der Waals surface area (Å²) in [5.74, 6) is 1.66. The first kappa shape index (κ1) is 27.4. The lowest BCUT2D eigenvalue weighted by Crippen LogP contribution is -2.13. The van der Waals surface area contributed by atoms with Gasteiger partial charge < -0.3 is 0 Å². The highest BCUT2D eigenvalue weighted by molar-refractivity contribution is 5.70. The van der Waals surface area contributed by atoms with Crippen LogP contribution in [0.2, 0.25) is 0 Å². The maximum absolute atomic E-state index is 12.2. The van der Waals surface area contributed by atoms with Gasteiger partial charge in [0, 0.05) is 0 Å². The van der Waals surface area contributed by atoms with Crippen LogP contribution in [0.25, 0.3) is 22.3 Å². The molecule has 0 atom stereocenters. The summed E-state index contributed by atoms with van der Waals surface area (Å²) in [6.45, 7) is 3.68. The summed E-state index contributed by atoms with van der Waals surface area (Å²) in [5.41, 5.74) is 8.04. The van der Waals surface area contributed by atoms with Crippen molar-refractivity contribution < 1.29 is 4.39 Å². The van der Waals surface area contributed by atoms with Crippen LogP contribution in [0.15, 0.2) is 85.5 Å². The lowest BCUT2D eigenvalue weighted by molar-refractivity contribution is 0.306. The number of benzene rings is 3. The van der Waals surface area contributed by atoms with Crippen LogP contribution in [0, 0.1) is 5.92 Å². The van der Waals surface area contributed by atoms with Gasteiger partial charge >= 0.3 is 0 Å². The van der Waals surface area contributed by atoms with Gasteiger partial charge in [0.2, 0.25) is 0 Å². The summed E-state index contributed by atoms with van der Waals surface area (Å²) in [4.78, 5) is 0. The molecule has 0 unspecified atom stereocenters. The topological polar surface area (TPSA) is 0 Å². The highest BCUT2D eigenvalue weighted by Gasteiger charge is 2.22. The van der Waals surface area contributed by atoms with E-state index in [9.17, 15) is 4.39 Å². The van der Waals surface area contributed by atoms with E-state index in [1.54, 1.807) is 0 Å². The Morgan fingerprint density at radius 2 is 1.14 bits per heavy atom. The van der Waals surface area contributed by atoms with Crippen LogP contribution in [-0.2, 0) is 6.42 Å². The predicted molar refractivity (Wildman–Crippen MR) is 159 cm³/mol. The Balaban J connectivity index is 1.26. The molecule has 3 aromatic carbocycles. The Morgan fingerprint density at radius 3 is 1.70 bits per heavy atom. The molecule has 0 heterocycles. The highest BCUT2D eigenvalue weighted by Crippen LogP contribution is 2.38. The van der Waals surface area contributed by atoms with Gasteiger partial charge in [-0.25, -0.2) is 0 Å². The van der Waals surface area contributed by atoms with Gasteiger partial charge in [0.25, 0.3) is 0 Å². The number of hydrogen-bond acceptors (Lipinski definition) is 0. The molecule has 0 saturated heterocycles. The van der Waals surface area contributed by atoms with Crippen LogP contribution >= 0.6 is 0 Å². The molecule has 4 rings (SSSR count). The average molecular weight is 497 g/mol. The fourth-order valence-corrected chi connectivity index (χ4v) is 5.96. The van der Waals surface area contributed by atoms with Crippen LogP contribution in [-0.4, -0.2) is 6.67 Å². The fourth-order valence-electron chi connectivity index (χ4n) is 5.96. The molecule has 1 saturated carbocycles. The second kappa shape index (κ2) is 14.9. The molecule has 3 aromatic rings. The van der Waals surface area contributed by atoms with E-state index in [4.69, 9.17) is 0 Å². The molecule has 1 heteroatoms. The van der Waals surface area contributed by atoms with Gasteiger partial charge in [-0.05, 0) is 103 Å². The molecular formula is C36H45F. The first-order valence-electron chi connectivity index (χ1n) is 14.7. The highest BCUT2D eigenvalue weighted by atomic mass is 19.1. The average Bonchev–Trinajstić information content (AvgIpc) is 2.96. The smallest absolute Gasteiger partial charge is 0.0894 e. The largest absolute Gasteiger partial charge is 0.251 e. The van der Waals surface area contributed by atoms with Crippen molar-refractivity contribution in [1.82, 2.24) is 0 Å². The first-order chi connectivity index (χ1) is 18.3. The summed E-state index contributed by atoms with van der Waals surface area (Å²) in [6, 6.07) is 27.4. The Bertz CT molecular complexity index is 1040. The van der Waals surface area contributed by atoms with Crippen LogP contribution in [0.3, 0.4) is 0 Å². The number of hydrogen-bond donors (Lipinski definition) is 0. The van der Waals surface area contributed by atoms with Gasteiger partial charge in [0.05, 0.1) is 6.67 Å². The van der Waals surface area contributed by atoms with E-state index >= 15 is 0 Å². The minimum absolute atomic E-state index is 0.174. The molecule has 0 radical (unpaired) electrons. The molecule has 0 nitrogen and oxygen atoms in total. The summed E-state index contributed by atoms with van der Waals surface area (Å²) in [6.07, 6.45) is 17.7. The molecule has 1 aliphatic rings. The van der Waals surface area contributed by atoms with Crippen molar-refractivity contribution in [1.29, 1.82) is 0 Å². The maximum atomic E-state index is 12.2. The Kier molecular flexibility index (Phi) is 11.0. The van der Waals surface area contributed by atoms with Crippen molar-refractivity contribution in [2.75, 3.05) is 6.67 Å². The van der Waals surface area contributed by atoms with E-state index in [-0.39, 0.29) is 6.67 Å². The third-order valence-corrected chi connectivity index (χ3v) is 8.35. The van der Waals surface area contributed by atoms with Gasteiger partial charge in [-0.2, -0.15) is 0 Å². The molecule has 196 valence electrons. The van der Waals surface area contributed by atoms with Crippen molar-refractivity contribution in [2.24, 2.45) is 5.92 Å². The normalized spacial score (nSPS) is 17.5. The molecule has 0 aromatic heterocycles. The van der Waals surface area contributed by atoms with E-state index < -0.39 is 0 Å². The molecule has 37 heavy (non-hydrogen) atoms. The zero-order valence-corrected chi connectivity index (χ0v) is 22.6. The first-order valence-corrected chi connectivity index (χ1v) is 14.7. The minimum atomic E-state index is -0.174. The van der Waals surface area contributed by atoms with Crippen LogP contribution in [0.1, 0.15) is 94.1 Å². The zero-order chi connectivity index (χ0) is 25.7. The summed E-state index contributed by atoms with van der Waals surface area (Å²) in [5, 5.41) is 0. The number of unbranched alkanes of at least 4 members (excludes halogenated alkanes) is 5. The lowest BCUT2D eigenvalue weighted by atomic mass is 9.77. The third kappa shape index (κ3) is 8.42. The SMILES string of the molecule is C=CCCCC1CCC(c2ccc(-c3ccc(-c4ccc(CCCCCCCF)cc4)cc3)cc2)CC1. The van der Waals surface area contributed by atoms with Crippen molar-refractivity contribution in [3.63, 3.8) is 0 Å². The Labute approximate surface area is 225 Å². The zero-order valence-electron chi connectivity index (χ0n) is 22.6. The summed E-state index contributed by atoms with van der Waals surface area (Å²) < 4.78 is 12.2. The van der Waals surface area contributed by atoms with Gasteiger partial charge in [-0.15, -0.1) is 6.58 Å². The minimum Gasteiger partial charge on any atom is -0.251 e. The van der Waals surface area contributed by atoms with Crippen molar-refractivity contribution >= 4 is 0 Å². The van der Waals surface area contributed by atoms with Crippen LogP contribution in [0.4, 0.5) is 4.39 Å². The number of alkyl halides is 1. The van der Waals surface area contributed by atoms with E-state index in [1.165, 1.54) is 91.2 Å². The second-order valence-electron chi connectivity index (χ2n) is 11.0. The Morgan fingerprint density at radius 1 is 0.622 bits per heavy atom. The predicted octanol–water partition coefficient (Wildman–Crippen LogP) is 11.1. The standard InChI is InChI=1S/C36H45F/c1-2-3-7-10-29-12-16-31(17-13-29)33-20-24-35(25-21-33)36-26-22-34(23-27-36)32-18-14-30(15-19-32)11-8-5-4-6-9-28-37/h2,14-15,18-27,29,31H,1,3-13,16-17,28H2. The molecule has 0 amide bonds. The van der Waals surface area contributed by atoms with E-state index in [0.717, 1.165) is 37.5 Å². The van der Waals surface area contributed by atoms with Crippen LogP contribution < -0.4 is 0 Å². The van der Waals surface area contributed by atoms with Crippen molar-refractivity contribution in [3.05, 3.63) is 96.6 Å². The maximum Gasteiger partial charge on any atom is 0.0894 e. The van der Waals surface area contributed by atoms with Gasteiger partial charge in [0.15, 0.2) is 0 Å². The number of aryl methyl sites for hydroxylation is 1. The monoisotopic (exact) mass is 496 g/mol. The fraction of sp³-hybridized carbons (Fsp3) is 0.444. The lowest BCUT2D eigenvalue weighted by Gasteiger charge is -2.29. The Hall–Kier alpha value is -2.67. The number of halogens is 1. The van der Waals surface area contributed by atoms with Crippen molar-refractivity contribution in [2.45, 2.75) is 89.4 Å². The molecule has 1 aliphatic carbocycles. The molecule has 0 spiro atoms. The number of rotatable bonds is 14. The van der Waals surface area contributed by atoms with E-state index in [1.807, 2.05) is 0 Å². The quantitative estimate of drug-likeness (QED) is 0.154. The molecular weight excluding hydrogens is 451 g/mol. The summed E-state index contributed by atoms with van der Waals surface area (Å²) >= 11 is 0. The molecule has 0 N–H and O–H groups in total. The molecule has 1 fully saturated rings. The van der Waals surface area contributed by atoms with Crippen LogP contribution in [0.5, 0.6) is 0 Å². The van der Waals surface area contributed by atoms with E-state index in [0.29, 0.717) is 0 Å². The van der Waals surface area contributed by atoms with Gasteiger partial charge in [-0.1, -0.05) is 105 Å². The molecule has 0 bridgehead atoms. The summed E-state index contributed by atoms with van der Waals surface area (Å²) in [7, 11) is 0. The number of allylic oxidation sites excluding steroid dienone is 1. The van der Waals surface area contributed by atoms with Crippen molar-refractivity contribution in [3.8, 4) is 22.3 Å². The third-order valence-electron chi connectivity index (χ3n) is 8.35. The van der Waals surface area contributed by atoms with Gasteiger partial charge in [0.1, 0.15) is 0 Å². The van der Waals surface area contributed by atoms with E-state index in [2.05, 4.69) is 85.5 Å². The second-order valence-corrected chi connectivity index (χ2v) is 11.0. The van der Waals surface area contributed by atoms with Gasteiger partial charge in [-0.3, -0.25) is 4.39 Å². The molecule has 0 aliphatic heterocycles.